The van der Waals surface area contributed by atoms with Gasteiger partial charge in [0.25, 0.3) is 0 Å². The molecule has 0 aliphatic carbocycles. The Morgan fingerprint density at radius 1 is 1.26 bits per heavy atom. The van der Waals surface area contributed by atoms with Crippen LogP contribution in [0.5, 0.6) is 0 Å². The van der Waals surface area contributed by atoms with Crippen LogP contribution in [0.15, 0.2) is 18.3 Å². The van der Waals surface area contributed by atoms with Crippen molar-refractivity contribution in [3.05, 3.63) is 23.9 Å². The molecule has 2 saturated heterocycles. The number of aromatic nitrogens is 1. The Kier molecular flexibility index (Phi) is 6.49. The highest BCUT2D eigenvalue weighted by Crippen LogP contribution is 2.14. The summed E-state index contributed by atoms with van der Waals surface area (Å²) in [4.78, 5) is 34.7. The molecule has 2 N–H and O–H groups in total. The summed E-state index contributed by atoms with van der Waals surface area (Å²) in [6.45, 7) is 7.72. The SMILES string of the molecule is CC(CN1CCCC1=O)NC(=O)NCc1ccnc(N2CCN(C)CC2)c1. The van der Waals surface area contributed by atoms with E-state index in [9.17, 15) is 9.59 Å². The maximum atomic E-state index is 12.1. The lowest BCUT2D eigenvalue weighted by Crippen LogP contribution is -2.46. The molecule has 0 bridgehead atoms. The zero-order valence-corrected chi connectivity index (χ0v) is 16.3. The molecule has 8 nitrogen and oxygen atoms in total. The molecule has 2 fully saturated rings. The molecular weight excluding hydrogens is 344 g/mol. The predicted octanol–water partition coefficient (Wildman–Crippen LogP) is 0.644. The molecule has 0 aromatic carbocycles. The van der Waals surface area contributed by atoms with E-state index in [1.165, 1.54) is 0 Å². The molecule has 8 heteroatoms. The second-order valence-electron chi connectivity index (χ2n) is 7.48. The zero-order valence-electron chi connectivity index (χ0n) is 16.3. The number of pyridine rings is 1. The highest BCUT2D eigenvalue weighted by molar-refractivity contribution is 5.78. The first-order chi connectivity index (χ1) is 13.0. The van der Waals surface area contributed by atoms with Crippen LogP contribution in [0, 0.1) is 0 Å². The van der Waals surface area contributed by atoms with Crippen LogP contribution in [0.3, 0.4) is 0 Å². The highest BCUT2D eigenvalue weighted by Gasteiger charge is 2.22. The third kappa shape index (κ3) is 5.56. The smallest absolute Gasteiger partial charge is 0.315 e. The molecule has 148 valence electrons. The Morgan fingerprint density at radius 3 is 2.74 bits per heavy atom. The van der Waals surface area contributed by atoms with Crippen LogP contribution in [-0.2, 0) is 11.3 Å². The topological polar surface area (TPSA) is 80.8 Å². The van der Waals surface area contributed by atoms with Crippen molar-refractivity contribution < 1.29 is 9.59 Å². The third-order valence-electron chi connectivity index (χ3n) is 5.13. The average Bonchev–Trinajstić information content (AvgIpc) is 3.05. The molecule has 3 rings (SSSR count). The van der Waals surface area contributed by atoms with Crippen molar-refractivity contribution in [2.75, 3.05) is 51.2 Å². The quantitative estimate of drug-likeness (QED) is 0.764. The number of rotatable bonds is 6. The Hall–Kier alpha value is -2.35. The zero-order chi connectivity index (χ0) is 19.2. The van der Waals surface area contributed by atoms with Crippen LogP contribution in [0.1, 0.15) is 25.3 Å². The van der Waals surface area contributed by atoms with Gasteiger partial charge in [0, 0.05) is 64.5 Å². The third-order valence-corrected chi connectivity index (χ3v) is 5.13. The van der Waals surface area contributed by atoms with Crippen LogP contribution in [0.4, 0.5) is 10.6 Å². The van der Waals surface area contributed by atoms with Gasteiger partial charge in [-0.1, -0.05) is 0 Å². The maximum absolute atomic E-state index is 12.1. The van der Waals surface area contributed by atoms with Gasteiger partial charge < -0.3 is 25.3 Å². The summed E-state index contributed by atoms with van der Waals surface area (Å²) in [6.07, 6.45) is 3.33. The first-order valence-corrected chi connectivity index (χ1v) is 9.72. The van der Waals surface area contributed by atoms with Gasteiger partial charge in [-0.25, -0.2) is 9.78 Å². The van der Waals surface area contributed by atoms with Crippen LogP contribution in [-0.4, -0.2) is 79.1 Å². The normalized spacial score (nSPS) is 19.3. The number of nitrogens with zero attached hydrogens (tertiary/aromatic N) is 4. The summed E-state index contributed by atoms with van der Waals surface area (Å²) in [7, 11) is 2.13. The van der Waals surface area contributed by atoms with E-state index in [4.69, 9.17) is 0 Å². The molecule has 0 spiro atoms. The second kappa shape index (κ2) is 9.03. The molecule has 3 heterocycles. The second-order valence-corrected chi connectivity index (χ2v) is 7.48. The van der Waals surface area contributed by atoms with Crippen molar-refractivity contribution in [2.45, 2.75) is 32.4 Å². The van der Waals surface area contributed by atoms with E-state index in [0.717, 1.165) is 50.5 Å². The summed E-state index contributed by atoms with van der Waals surface area (Å²) in [5.41, 5.74) is 1.02. The lowest BCUT2D eigenvalue weighted by molar-refractivity contribution is -0.127. The minimum Gasteiger partial charge on any atom is -0.354 e. The molecule has 1 aromatic heterocycles. The summed E-state index contributed by atoms with van der Waals surface area (Å²) in [5, 5.41) is 5.80. The lowest BCUT2D eigenvalue weighted by atomic mass is 10.2. The number of hydrogen-bond acceptors (Lipinski definition) is 5. The van der Waals surface area contributed by atoms with Crippen LogP contribution >= 0.6 is 0 Å². The Bertz CT molecular complexity index is 659. The summed E-state index contributed by atoms with van der Waals surface area (Å²) >= 11 is 0. The van der Waals surface area contributed by atoms with Gasteiger partial charge in [-0.15, -0.1) is 0 Å². The molecule has 3 amide bonds. The van der Waals surface area contributed by atoms with E-state index in [1.54, 1.807) is 6.20 Å². The fourth-order valence-electron chi connectivity index (χ4n) is 3.51. The number of urea groups is 1. The Labute approximate surface area is 160 Å². The van der Waals surface area contributed by atoms with E-state index in [1.807, 2.05) is 24.0 Å². The maximum Gasteiger partial charge on any atom is 0.315 e. The molecule has 2 aliphatic rings. The van der Waals surface area contributed by atoms with Gasteiger partial charge in [-0.2, -0.15) is 0 Å². The summed E-state index contributed by atoms with van der Waals surface area (Å²) in [6, 6.07) is 3.67. The number of piperazine rings is 1. The first kappa shape index (κ1) is 19.4. The molecule has 27 heavy (non-hydrogen) atoms. The average molecular weight is 374 g/mol. The molecular formula is C19H30N6O2. The first-order valence-electron chi connectivity index (χ1n) is 9.72. The van der Waals surface area contributed by atoms with Crippen molar-refractivity contribution in [3.8, 4) is 0 Å². The highest BCUT2D eigenvalue weighted by atomic mass is 16.2. The van der Waals surface area contributed by atoms with Gasteiger partial charge in [0.15, 0.2) is 0 Å². The minimum atomic E-state index is -0.216. The van der Waals surface area contributed by atoms with Gasteiger partial charge in [0.05, 0.1) is 0 Å². The van der Waals surface area contributed by atoms with Gasteiger partial charge in [-0.05, 0) is 38.1 Å². The fraction of sp³-hybridized carbons (Fsp3) is 0.632. The van der Waals surface area contributed by atoms with Crippen LogP contribution in [0.25, 0.3) is 0 Å². The van der Waals surface area contributed by atoms with Gasteiger partial charge in [0.1, 0.15) is 5.82 Å². The molecule has 0 saturated carbocycles. The van der Waals surface area contributed by atoms with E-state index >= 15 is 0 Å². The Morgan fingerprint density at radius 2 is 2.04 bits per heavy atom. The van der Waals surface area contributed by atoms with Crippen molar-refractivity contribution in [1.29, 1.82) is 0 Å². The summed E-state index contributed by atoms with van der Waals surface area (Å²) < 4.78 is 0. The van der Waals surface area contributed by atoms with Gasteiger partial charge >= 0.3 is 6.03 Å². The minimum absolute atomic E-state index is 0.0783. The van der Waals surface area contributed by atoms with Gasteiger partial charge in [0.2, 0.25) is 5.91 Å². The van der Waals surface area contributed by atoms with E-state index in [0.29, 0.717) is 19.5 Å². The Balaban J connectivity index is 1.44. The molecule has 1 unspecified atom stereocenters. The van der Waals surface area contributed by atoms with E-state index in [2.05, 4.69) is 32.5 Å². The molecule has 2 aliphatic heterocycles. The predicted molar refractivity (Wildman–Crippen MR) is 105 cm³/mol. The number of nitrogens with one attached hydrogen (secondary N) is 2. The van der Waals surface area contributed by atoms with E-state index in [-0.39, 0.29) is 18.0 Å². The standard InChI is InChI=1S/C19H30N6O2/c1-15(14-25-7-3-4-18(25)26)22-19(27)21-13-16-5-6-20-17(12-16)24-10-8-23(2)9-11-24/h5-6,12,15H,3-4,7-11,13-14H2,1-2H3,(H2,21,22,27). The van der Waals surface area contributed by atoms with Crippen LogP contribution in [0.2, 0.25) is 0 Å². The number of amides is 3. The number of carbonyl (C=O) groups is 2. The van der Waals surface area contributed by atoms with Gasteiger partial charge in [-0.3, -0.25) is 4.79 Å². The van der Waals surface area contributed by atoms with Crippen molar-refractivity contribution in [1.82, 2.24) is 25.4 Å². The number of carbonyl (C=O) groups excluding carboxylic acids is 2. The largest absolute Gasteiger partial charge is 0.354 e. The van der Waals surface area contributed by atoms with Crippen LogP contribution < -0.4 is 15.5 Å². The van der Waals surface area contributed by atoms with Crippen molar-refractivity contribution in [2.24, 2.45) is 0 Å². The monoisotopic (exact) mass is 374 g/mol. The number of hydrogen-bond donors (Lipinski definition) is 2. The number of likely N-dealkylation sites (tertiary alicyclic amines) is 1. The molecule has 1 aromatic rings. The fourth-order valence-corrected chi connectivity index (χ4v) is 3.51. The number of likely N-dealkylation sites (N-methyl/N-ethyl adjacent to an activating group) is 1. The lowest BCUT2D eigenvalue weighted by Gasteiger charge is -2.33. The molecule has 1 atom stereocenters. The number of anilines is 1. The molecule has 0 radical (unpaired) electrons. The summed E-state index contributed by atoms with van der Waals surface area (Å²) in [5.74, 6) is 1.14. The van der Waals surface area contributed by atoms with Crippen molar-refractivity contribution in [3.63, 3.8) is 0 Å². The van der Waals surface area contributed by atoms with Crippen molar-refractivity contribution >= 4 is 17.8 Å². The van der Waals surface area contributed by atoms with E-state index < -0.39 is 0 Å².